The van der Waals surface area contributed by atoms with E-state index in [2.05, 4.69) is 33.5 Å². The molecule has 0 bridgehead atoms. The van der Waals surface area contributed by atoms with Crippen molar-refractivity contribution in [3.8, 4) is 0 Å². The van der Waals surface area contributed by atoms with E-state index < -0.39 is 0 Å². The van der Waals surface area contributed by atoms with Crippen LogP contribution in [0.5, 0.6) is 0 Å². The number of thioether (sulfide) groups is 1. The first-order valence-corrected chi connectivity index (χ1v) is 10.7. The van der Waals surface area contributed by atoms with Crippen molar-refractivity contribution in [1.29, 1.82) is 0 Å². The second-order valence-corrected chi connectivity index (χ2v) is 8.20. The van der Waals surface area contributed by atoms with Crippen LogP contribution in [0.25, 0.3) is 0 Å². The van der Waals surface area contributed by atoms with Crippen LogP contribution in [-0.4, -0.2) is 84.4 Å². The van der Waals surface area contributed by atoms with Crippen LogP contribution >= 0.6 is 11.8 Å². The van der Waals surface area contributed by atoms with Gasteiger partial charge in [-0.2, -0.15) is 11.8 Å². The standard InChI is InChI=1S/C18H31N5O2S/c1-3-19-17(20-15-18(26-2)5-12-24-13-6-18)23-9-7-22(8-10-23)14-16-4-11-25-21-16/h4,11H,3,5-10,12-15H2,1-2H3,(H,19,20). The predicted octanol–water partition coefficient (Wildman–Crippen LogP) is 1.67. The molecular formula is C18H31N5O2S. The van der Waals surface area contributed by atoms with Gasteiger partial charge in [-0.05, 0) is 26.0 Å². The van der Waals surface area contributed by atoms with Crippen LogP contribution in [-0.2, 0) is 11.3 Å². The average molecular weight is 382 g/mol. The van der Waals surface area contributed by atoms with E-state index in [1.807, 2.05) is 17.8 Å². The number of piperazine rings is 1. The summed E-state index contributed by atoms with van der Waals surface area (Å²) in [5, 5.41) is 7.50. The summed E-state index contributed by atoms with van der Waals surface area (Å²) in [7, 11) is 0. The number of rotatable bonds is 6. The fourth-order valence-corrected chi connectivity index (χ4v) is 4.25. The number of hydrogen-bond donors (Lipinski definition) is 1. The van der Waals surface area contributed by atoms with E-state index in [4.69, 9.17) is 14.3 Å². The molecule has 146 valence electrons. The number of nitrogens with one attached hydrogen (secondary N) is 1. The number of hydrogen-bond acceptors (Lipinski definition) is 6. The van der Waals surface area contributed by atoms with Crippen molar-refractivity contribution < 1.29 is 9.26 Å². The second kappa shape index (κ2) is 9.62. The first kappa shape index (κ1) is 19.5. The quantitative estimate of drug-likeness (QED) is 0.594. The third-order valence-electron chi connectivity index (χ3n) is 5.24. The van der Waals surface area contributed by atoms with E-state index in [0.717, 1.165) is 83.5 Å². The van der Waals surface area contributed by atoms with Crippen molar-refractivity contribution in [2.24, 2.45) is 4.99 Å². The van der Waals surface area contributed by atoms with E-state index in [1.165, 1.54) is 0 Å². The highest BCUT2D eigenvalue weighted by Crippen LogP contribution is 2.34. The van der Waals surface area contributed by atoms with Crippen LogP contribution in [0.15, 0.2) is 21.8 Å². The van der Waals surface area contributed by atoms with Crippen LogP contribution in [0, 0.1) is 0 Å². The molecule has 1 N–H and O–H groups in total. The Morgan fingerprint density at radius 1 is 1.31 bits per heavy atom. The fourth-order valence-electron chi connectivity index (χ4n) is 3.48. The zero-order chi connectivity index (χ0) is 18.2. The topological polar surface area (TPSA) is 66.1 Å². The van der Waals surface area contributed by atoms with Crippen LogP contribution in [0.1, 0.15) is 25.5 Å². The monoisotopic (exact) mass is 381 g/mol. The predicted molar refractivity (Wildman–Crippen MR) is 106 cm³/mol. The first-order chi connectivity index (χ1) is 12.7. The molecule has 3 heterocycles. The second-order valence-electron chi connectivity index (χ2n) is 6.92. The maximum atomic E-state index is 5.55. The van der Waals surface area contributed by atoms with Gasteiger partial charge in [-0.1, -0.05) is 5.16 Å². The van der Waals surface area contributed by atoms with Gasteiger partial charge in [-0.25, -0.2) is 0 Å². The zero-order valence-corrected chi connectivity index (χ0v) is 16.8. The van der Waals surface area contributed by atoms with E-state index in [9.17, 15) is 0 Å². The normalized spacial score (nSPS) is 21.8. The Bertz CT molecular complexity index is 552. The minimum absolute atomic E-state index is 0.230. The Balaban J connectivity index is 1.55. The van der Waals surface area contributed by atoms with Crippen molar-refractivity contribution >= 4 is 17.7 Å². The molecule has 2 saturated heterocycles. The van der Waals surface area contributed by atoms with E-state index >= 15 is 0 Å². The summed E-state index contributed by atoms with van der Waals surface area (Å²) in [5.41, 5.74) is 1.00. The smallest absolute Gasteiger partial charge is 0.194 e. The molecule has 26 heavy (non-hydrogen) atoms. The molecule has 0 spiro atoms. The summed E-state index contributed by atoms with van der Waals surface area (Å²) in [6.07, 6.45) is 6.01. The molecule has 1 aromatic heterocycles. The summed E-state index contributed by atoms with van der Waals surface area (Å²) in [6, 6.07) is 1.94. The summed E-state index contributed by atoms with van der Waals surface area (Å²) in [5.74, 6) is 1.05. The van der Waals surface area contributed by atoms with E-state index in [1.54, 1.807) is 6.26 Å². The largest absolute Gasteiger partial charge is 0.381 e. The summed E-state index contributed by atoms with van der Waals surface area (Å²) >= 11 is 1.94. The molecule has 0 aliphatic carbocycles. The molecule has 2 aliphatic rings. The Kier molecular flexibility index (Phi) is 7.22. The molecule has 0 unspecified atom stereocenters. The van der Waals surface area contributed by atoms with Gasteiger partial charge < -0.3 is 19.5 Å². The average Bonchev–Trinajstić information content (AvgIpc) is 3.20. The Morgan fingerprint density at radius 2 is 2.08 bits per heavy atom. The maximum absolute atomic E-state index is 5.55. The fraction of sp³-hybridized carbons (Fsp3) is 0.778. The van der Waals surface area contributed by atoms with Crippen LogP contribution < -0.4 is 5.32 Å². The third-order valence-corrected chi connectivity index (χ3v) is 6.64. The molecule has 1 aromatic rings. The summed E-state index contributed by atoms with van der Waals surface area (Å²) < 4.78 is 10.7. The van der Waals surface area contributed by atoms with Crippen molar-refractivity contribution in [2.75, 3.05) is 58.7 Å². The lowest BCUT2D eigenvalue weighted by atomic mass is 9.99. The zero-order valence-electron chi connectivity index (χ0n) is 15.9. The minimum atomic E-state index is 0.230. The van der Waals surface area contributed by atoms with Crippen LogP contribution in [0.3, 0.4) is 0 Å². The molecule has 0 amide bonds. The lowest BCUT2D eigenvalue weighted by Gasteiger charge is -2.38. The molecule has 0 atom stereocenters. The van der Waals surface area contributed by atoms with Gasteiger partial charge in [-0.3, -0.25) is 9.89 Å². The van der Waals surface area contributed by atoms with Gasteiger partial charge >= 0.3 is 0 Å². The van der Waals surface area contributed by atoms with Crippen LogP contribution in [0.2, 0.25) is 0 Å². The first-order valence-electron chi connectivity index (χ1n) is 9.52. The van der Waals surface area contributed by atoms with Gasteiger partial charge in [0, 0.05) is 63.3 Å². The molecule has 8 heteroatoms. The van der Waals surface area contributed by atoms with E-state index in [0.29, 0.717) is 0 Å². The highest BCUT2D eigenvalue weighted by molar-refractivity contribution is 8.00. The number of guanidine groups is 1. The minimum Gasteiger partial charge on any atom is -0.381 e. The molecule has 2 fully saturated rings. The van der Waals surface area contributed by atoms with Crippen molar-refractivity contribution in [2.45, 2.75) is 31.1 Å². The molecule has 0 radical (unpaired) electrons. The number of nitrogens with zero attached hydrogens (tertiary/aromatic N) is 4. The lowest BCUT2D eigenvalue weighted by Crippen LogP contribution is -2.52. The Labute approximate surface area is 160 Å². The van der Waals surface area contributed by atoms with Crippen molar-refractivity contribution in [3.05, 3.63) is 18.0 Å². The van der Waals surface area contributed by atoms with Gasteiger partial charge in [0.25, 0.3) is 0 Å². The summed E-state index contributed by atoms with van der Waals surface area (Å²) in [4.78, 5) is 9.82. The van der Waals surface area contributed by atoms with Crippen LogP contribution in [0.4, 0.5) is 0 Å². The Morgan fingerprint density at radius 3 is 2.69 bits per heavy atom. The van der Waals surface area contributed by atoms with Gasteiger partial charge in [0.2, 0.25) is 0 Å². The van der Waals surface area contributed by atoms with E-state index in [-0.39, 0.29) is 4.75 Å². The summed E-state index contributed by atoms with van der Waals surface area (Å²) in [6.45, 7) is 10.5. The molecular weight excluding hydrogens is 350 g/mol. The lowest BCUT2D eigenvalue weighted by molar-refractivity contribution is 0.0793. The van der Waals surface area contributed by atoms with Gasteiger partial charge in [0.15, 0.2) is 5.96 Å². The molecule has 0 aromatic carbocycles. The van der Waals surface area contributed by atoms with Crippen molar-refractivity contribution in [1.82, 2.24) is 20.3 Å². The maximum Gasteiger partial charge on any atom is 0.194 e. The van der Waals surface area contributed by atoms with Gasteiger partial charge in [-0.15, -0.1) is 0 Å². The highest BCUT2D eigenvalue weighted by Gasteiger charge is 2.32. The van der Waals surface area contributed by atoms with Crippen molar-refractivity contribution in [3.63, 3.8) is 0 Å². The number of aliphatic imine (C=N–C) groups is 1. The molecule has 3 rings (SSSR count). The Hall–Kier alpha value is -1.25. The third kappa shape index (κ3) is 5.14. The SMILES string of the molecule is CCNC(=NCC1(SC)CCOCC1)N1CCN(Cc2ccon2)CC1. The van der Waals surface area contributed by atoms with Gasteiger partial charge in [0.05, 0.1) is 12.2 Å². The highest BCUT2D eigenvalue weighted by atomic mass is 32.2. The number of ether oxygens (including phenoxy) is 1. The van der Waals surface area contributed by atoms with Gasteiger partial charge in [0.1, 0.15) is 6.26 Å². The number of aromatic nitrogens is 1. The molecule has 7 nitrogen and oxygen atoms in total. The molecule has 2 aliphatic heterocycles. The molecule has 0 saturated carbocycles.